The molecule has 1 aromatic carbocycles. The van der Waals surface area contributed by atoms with E-state index in [1.54, 1.807) is 30.8 Å². The standard InChI is InChI=1S/C19H21N5O4S/c1-12-9-18(24(23-12)14-7-8-29(26,27)11-14)20-19(25)17-10-16(21-22-17)13-3-5-15(28-2)6-4-13/h3-6,9-10,14H,7-8,11H2,1-2H3,(H,20,25)(H,21,22)/t14-/m1/s1. The number of rotatable bonds is 5. The number of aryl methyl sites for hydroxylation is 1. The third-order valence-electron chi connectivity index (χ3n) is 4.86. The maximum absolute atomic E-state index is 12.7. The quantitative estimate of drug-likeness (QED) is 0.659. The number of hydrogen-bond donors (Lipinski definition) is 2. The highest BCUT2D eigenvalue weighted by atomic mass is 32.2. The lowest BCUT2D eigenvalue weighted by Crippen LogP contribution is -2.19. The Morgan fingerprint density at radius 1 is 1.28 bits per heavy atom. The number of carbonyl (C=O) groups excluding carboxylic acids is 1. The molecule has 1 fully saturated rings. The number of hydrogen-bond acceptors (Lipinski definition) is 6. The van der Waals surface area contributed by atoms with Gasteiger partial charge in [0.1, 0.15) is 17.3 Å². The van der Waals surface area contributed by atoms with Crippen LogP contribution >= 0.6 is 0 Å². The smallest absolute Gasteiger partial charge is 0.274 e. The first-order chi connectivity index (χ1) is 13.8. The Morgan fingerprint density at radius 3 is 2.69 bits per heavy atom. The van der Waals surface area contributed by atoms with Gasteiger partial charge in [0, 0.05) is 11.6 Å². The fourth-order valence-corrected chi connectivity index (χ4v) is 5.08. The number of carbonyl (C=O) groups is 1. The van der Waals surface area contributed by atoms with Crippen LogP contribution in [0, 0.1) is 6.92 Å². The second-order valence-corrected chi connectivity index (χ2v) is 9.25. The van der Waals surface area contributed by atoms with E-state index in [9.17, 15) is 13.2 Å². The number of anilines is 1. The predicted molar refractivity (Wildman–Crippen MR) is 108 cm³/mol. The fourth-order valence-electron chi connectivity index (χ4n) is 3.39. The van der Waals surface area contributed by atoms with Crippen LogP contribution in [-0.2, 0) is 9.84 Å². The zero-order chi connectivity index (χ0) is 20.6. The van der Waals surface area contributed by atoms with E-state index in [1.807, 2.05) is 24.3 Å². The van der Waals surface area contributed by atoms with Crippen molar-refractivity contribution in [3.05, 3.63) is 47.8 Å². The number of H-pyrrole nitrogens is 1. The van der Waals surface area contributed by atoms with Crippen molar-refractivity contribution in [2.75, 3.05) is 23.9 Å². The predicted octanol–water partition coefficient (Wildman–Crippen LogP) is 2.20. The average molecular weight is 415 g/mol. The number of amides is 1. The molecule has 0 aliphatic carbocycles. The number of aromatic amines is 1. The van der Waals surface area contributed by atoms with Crippen LogP contribution in [0.3, 0.4) is 0 Å². The van der Waals surface area contributed by atoms with Gasteiger partial charge < -0.3 is 10.1 Å². The van der Waals surface area contributed by atoms with Crippen molar-refractivity contribution in [2.45, 2.75) is 19.4 Å². The van der Waals surface area contributed by atoms with Gasteiger partial charge in [-0.3, -0.25) is 9.89 Å². The Morgan fingerprint density at radius 2 is 2.03 bits per heavy atom. The molecule has 29 heavy (non-hydrogen) atoms. The van der Waals surface area contributed by atoms with Gasteiger partial charge in [0.05, 0.1) is 36.0 Å². The largest absolute Gasteiger partial charge is 0.497 e. The Hall–Kier alpha value is -3.14. The molecule has 2 N–H and O–H groups in total. The van der Waals surface area contributed by atoms with Crippen molar-refractivity contribution in [3.8, 4) is 17.0 Å². The van der Waals surface area contributed by atoms with Gasteiger partial charge in [-0.15, -0.1) is 0 Å². The van der Waals surface area contributed by atoms with Crippen LogP contribution in [0.25, 0.3) is 11.3 Å². The maximum Gasteiger partial charge on any atom is 0.274 e. The second-order valence-electron chi connectivity index (χ2n) is 7.02. The van der Waals surface area contributed by atoms with Gasteiger partial charge in [0.2, 0.25) is 0 Å². The van der Waals surface area contributed by atoms with E-state index >= 15 is 0 Å². The minimum atomic E-state index is -3.06. The average Bonchev–Trinajstić information content (AvgIpc) is 3.40. The lowest BCUT2D eigenvalue weighted by atomic mass is 10.1. The second kappa shape index (κ2) is 7.36. The number of methoxy groups -OCH3 is 1. The summed E-state index contributed by atoms with van der Waals surface area (Å²) in [6.07, 6.45) is 0.484. The summed E-state index contributed by atoms with van der Waals surface area (Å²) in [4.78, 5) is 12.7. The Labute approximate surface area is 168 Å². The van der Waals surface area contributed by atoms with Crippen molar-refractivity contribution in [2.24, 2.45) is 0 Å². The minimum absolute atomic E-state index is 0.0304. The molecule has 152 valence electrons. The molecule has 2 aromatic heterocycles. The summed E-state index contributed by atoms with van der Waals surface area (Å²) >= 11 is 0. The third-order valence-corrected chi connectivity index (χ3v) is 6.61. The number of nitrogens with zero attached hydrogens (tertiary/aromatic N) is 3. The highest BCUT2D eigenvalue weighted by Gasteiger charge is 2.31. The maximum atomic E-state index is 12.7. The van der Waals surface area contributed by atoms with E-state index in [4.69, 9.17) is 4.74 Å². The summed E-state index contributed by atoms with van der Waals surface area (Å²) in [6, 6.07) is 10.5. The Bertz CT molecular complexity index is 1150. The van der Waals surface area contributed by atoms with Gasteiger partial charge in [-0.05, 0) is 43.7 Å². The van der Waals surface area contributed by atoms with Gasteiger partial charge in [0.15, 0.2) is 9.84 Å². The summed E-state index contributed by atoms with van der Waals surface area (Å²) < 4.78 is 30.3. The first-order valence-electron chi connectivity index (χ1n) is 9.12. The molecule has 3 heterocycles. The van der Waals surface area contributed by atoms with E-state index in [-0.39, 0.29) is 23.5 Å². The summed E-state index contributed by atoms with van der Waals surface area (Å²) in [7, 11) is -1.47. The van der Waals surface area contributed by atoms with E-state index in [0.29, 0.717) is 29.3 Å². The third kappa shape index (κ3) is 4.02. The van der Waals surface area contributed by atoms with Crippen molar-refractivity contribution < 1.29 is 17.9 Å². The molecule has 0 bridgehead atoms. The van der Waals surface area contributed by atoms with Crippen LogP contribution in [0.15, 0.2) is 36.4 Å². The molecule has 1 aliphatic rings. The number of ether oxygens (including phenoxy) is 1. The molecule has 1 amide bonds. The van der Waals surface area contributed by atoms with Gasteiger partial charge in [-0.2, -0.15) is 10.2 Å². The monoisotopic (exact) mass is 415 g/mol. The van der Waals surface area contributed by atoms with Gasteiger partial charge in [-0.25, -0.2) is 13.1 Å². The molecular weight excluding hydrogens is 394 g/mol. The Balaban J connectivity index is 1.52. The molecule has 1 aliphatic heterocycles. The van der Waals surface area contributed by atoms with Crippen molar-refractivity contribution >= 4 is 21.6 Å². The molecule has 0 saturated carbocycles. The minimum Gasteiger partial charge on any atom is -0.497 e. The zero-order valence-electron chi connectivity index (χ0n) is 16.0. The number of aromatic nitrogens is 4. The van der Waals surface area contributed by atoms with Crippen LogP contribution < -0.4 is 10.1 Å². The Kier molecular flexibility index (Phi) is 4.87. The number of sulfone groups is 1. The highest BCUT2D eigenvalue weighted by molar-refractivity contribution is 7.91. The van der Waals surface area contributed by atoms with Crippen LogP contribution in [0.1, 0.15) is 28.6 Å². The van der Waals surface area contributed by atoms with E-state index in [1.165, 1.54) is 0 Å². The summed E-state index contributed by atoms with van der Waals surface area (Å²) in [5.74, 6) is 0.993. The van der Waals surface area contributed by atoms with Crippen LogP contribution in [0.2, 0.25) is 0 Å². The molecular formula is C19H21N5O4S. The molecule has 9 nitrogen and oxygen atoms in total. The number of benzene rings is 1. The van der Waals surface area contributed by atoms with E-state index in [2.05, 4.69) is 20.6 Å². The summed E-state index contributed by atoms with van der Waals surface area (Å²) in [5, 5.41) is 14.1. The first kappa shape index (κ1) is 19.2. The molecule has 3 aromatic rings. The topological polar surface area (TPSA) is 119 Å². The van der Waals surface area contributed by atoms with Crippen molar-refractivity contribution in [1.29, 1.82) is 0 Å². The van der Waals surface area contributed by atoms with Crippen molar-refractivity contribution in [1.82, 2.24) is 20.0 Å². The van der Waals surface area contributed by atoms with Crippen LogP contribution in [0.5, 0.6) is 5.75 Å². The first-order valence-corrected chi connectivity index (χ1v) is 10.9. The summed E-state index contributed by atoms with van der Waals surface area (Å²) in [5.41, 5.74) is 2.47. The molecule has 0 unspecified atom stereocenters. The normalized spacial score (nSPS) is 17.9. The van der Waals surface area contributed by atoms with Crippen LogP contribution in [0.4, 0.5) is 5.82 Å². The van der Waals surface area contributed by atoms with Gasteiger partial charge >= 0.3 is 0 Å². The zero-order valence-corrected chi connectivity index (χ0v) is 16.9. The van der Waals surface area contributed by atoms with E-state index < -0.39 is 9.84 Å². The van der Waals surface area contributed by atoms with Crippen molar-refractivity contribution in [3.63, 3.8) is 0 Å². The highest BCUT2D eigenvalue weighted by Crippen LogP contribution is 2.27. The van der Waals surface area contributed by atoms with Crippen LogP contribution in [-0.4, -0.2) is 52.9 Å². The molecule has 4 rings (SSSR count). The molecule has 1 atom stereocenters. The molecule has 10 heteroatoms. The van der Waals surface area contributed by atoms with Gasteiger partial charge in [-0.1, -0.05) is 0 Å². The fraction of sp³-hybridized carbons (Fsp3) is 0.316. The lowest BCUT2D eigenvalue weighted by Gasteiger charge is -2.13. The molecule has 0 spiro atoms. The SMILES string of the molecule is COc1ccc(-c2cc(C(=O)Nc3cc(C)nn3[C@@H]3CCS(=O)(=O)C3)[nH]n2)cc1. The number of nitrogens with one attached hydrogen (secondary N) is 2. The molecule has 1 saturated heterocycles. The summed E-state index contributed by atoms with van der Waals surface area (Å²) in [6.45, 7) is 1.80. The van der Waals surface area contributed by atoms with E-state index in [0.717, 1.165) is 11.3 Å². The van der Waals surface area contributed by atoms with Gasteiger partial charge in [0.25, 0.3) is 5.91 Å². The molecule has 0 radical (unpaired) electrons. The lowest BCUT2D eigenvalue weighted by molar-refractivity contribution is 0.102.